The number of carbonyl (C=O) groups is 1. The first-order valence-electron chi connectivity index (χ1n) is 9.30. The smallest absolute Gasteiger partial charge is 0.251 e. The van der Waals surface area contributed by atoms with Crippen LogP contribution in [0.5, 0.6) is 0 Å². The first kappa shape index (κ1) is 18.6. The van der Waals surface area contributed by atoms with E-state index in [2.05, 4.69) is 20.5 Å². The van der Waals surface area contributed by atoms with Crippen molar-refractivity contribution >= 4 is 5.91 Å². The maximum absolute atomic E-state index is 14.1. The van der Waals surface area contributed by atoms with Crippen LogP contribution in [0.1, 0.15) is 16.1 Å². The molecule has 0 atom stereocenters. The number of pyridine rings is 1. The van der Waals surface area contributed by atoms with Crippen molar-refractivity contribution in [2.24, 2.45) is 0 Å². The summed E-state index contributed by atoms with van der Waals surface area (Å²) in [4.78, 5) is 17.0. The summed E-state index contributed by atoms with van der Waals surface area (Å²) in [6, 6.07) is 21.2. The van der Waals surface area contributed by atoms with Crippen molar-refractivity contribution in [2.75, 3.05) is 6.54 Å². The molecule has 2 aromatic heterocycles. The predicted octanol–water partition coefficient (Wildman–Crippen LogP) is 4.25. The van der Waals surface area contributed by atoms with Crippen LogP contribution < -0.4 is 5.32 Å². The second-order valence-corrected chi connectivity index (χ2v) is 6.52. The second-order valence-electron chi connectivity index (χ2n) is 6.52. The van der Waals surface area contributed by atoms with E-state index < -0.39 is 0 Å². The zero-order valence-corrected chi connectivity index (χ0v) is 15.6. The number of rotatable bonds is 6. The Balaban J connectivity index is 1.53. The molecule has 0 spiro atoms. The minimum absolute atomic E-state index is 0.188. The Morgan fingerprint density at radius 1 is 0.966 bits per heavy atom. The largest absolute Gasteiger partial charge is 0.352 e. The lowest BCUT2D eigenvalue weighted by Gasteiger charge is -2.08. The summed E-state index contributed by atoms with van der Waals surface area (Å²) in [6.07, 6.45) is 2.38. The van der Waals surface area contributed by atoms with Gasteiger partial charge in [-0.3, -0.25) is 14.9 Å². The van der Waals surface area contributed by atoms with Gasteiger partial charge < -0.3 is 5.32 Å². The zero-order chi connectivity index (χ0) is 20.1. The summed E-state index contributed by atoms with van der Waals surface area (Å²) in [5, 5.41) is 10.1. The Labute approximate surface area is 167 Å². The van der Waals surface area contributed by atoms with Crippen molar-refractivity contribution in [3.8, 4) is 22.5 Å². The Kier molecular flexibility index (Phi) is 5.42. The fourth-order valence-electron chi connectivity index (χ4n) is 3.13. The SMILES string of the molecule is O=C(NCCc1ccccn1)c1ccccc1-c1cc(-c2ccccc2F)[nH]n1. The van der Waals surface area contributed by atoms with Gasteiger partial charge in [-0.1, -0.05) is 36.4 Å². The van der Waals surface area contributed by atoms with Gasteiger partial charge in [0.15, 0.2) is 0 Å². The summed E-state index contributed by atoms with van der Waals surface area (Å²) >= 11 is 0. The van der Waals surface area contributed by atoms with E-state index in [0.717, 1.165) is 5.69 Å². The number of hydrogen-bond donors (Lipinski definition) is 2. The van der Waals surface area contributed by atoms with Crippen molar-refractivity contribution in [3.63, 3.8) is 0 Å². The highest BCUT2D eigenvalue weighted by atomic mass is 19.1. The molecular weight excluding hydrogens is 367 g/mol. The number of nitrogens with one attached hydrogen (secondary N) is 2. The molecule has 4 rings (SSSR count). The van der Waals surface area contributed by atoms with Crippen LogP contribution in [0, 0.1) is 5.82 Å². The Bertz CT molecular complexity index is 1120. The number of H-pyrrole nitrogens is 1. The lowest BCUT2D eigenvalue weighted by Crippen LogP contribution is -2.26. The highest BCUT2D eigenvalue weighted by Gasteiger charge is 2.16. The topological polar surface area (TPSA) is 70.7 Å². The van der Waals surface area contributed by atoms with Crippen molar-refractivity contribution in [1.29, 1.82) is 0 Å². The summed E-state index contributed by atoms with van der Waals surface area (Å²) in [5.41, 5.74) is 3.69. The van der Waals surface area contributed by atoms with E-state index in [9.17, 15) is 9.18 Å². The number of aromatic amines is 1. The molecule has 0 unspecified atom stereocenters. The van der Waals surface area contributed by atoms with Crippen LogP contribution in [0.2, 0.25) is 0 Å². The van der Waals surface area contributed by atoms with Gasteiger partial charge in [-0.15, -0.1) is 0 Å². The normalized spacial score (nSPS) is 10.7. The highest BCUT2D eigenvalue weighted by Crippen LogP contribution is 2.27. The minimum Gasteiger partial charge on any atom is -0.352 e. The van der Waals surface area contributed by atoms with Gasteiger partial charge in [-0.2, -0.15) is 5.10 Å². The Morgan fingerprint density at radius 2 is 1.72 bits per heavy atom. The molecule has 2 heterocycles. The average molecular weight is 386 g/mol. The molecule has 0 saturated heterocycles. The van der Waals surface area contributed by atoms with Crippen LogP contribution in [-0.4, -0.2) is 27.6 Å². The van der Waals surface area contributed by atoms with E-state index in [1.54, 1.807) is 36.5 Å². The minimum atomic E-state index is -0.330. The summed E-state index contributed by atoms with van der Waals surface area (Å²) in [5.74, 6) is -0.518. The molecule has 2 N–H and O–H groups in total. The van der Waals surface area contributed by atoms with Gasteiger partial charge >= 0.3 is 0 Å². The lowest BCUT2D eigenvalue weighted by atomic mass is 10.0. The predicted molar refractivity (Wildman–Crippen MR) is 110 cm³/mol. The summed E-state index contributed by atoms with van der Waals surface area (Å²) in [6.45, 7) is 0.477. The molecule has 6 heteroatoms. The van der Waals surface area contributed by atoms with E-state index in [1.165, 1.54) is 6.07 Å². The molecule has 4 aromatic rings. The van der Waals surface area contributed by atoms with E-state index >= 15 is 0 Å². The number of nitrogens with zero attached hydrogens (tertiary/aromatic N) is 2. The Morgan fingerprint density at radius 3 is 2.52 bits per heavy atom. The molecule has 1 amide bonds. The first-order valence-corrected chi connectivity index (χ1v) is 9.30. The monoisotopic (exact) mass is 386 g/mol. The molecular formula is C23H19FN4O. The van der Waals surface area contributed by atoms with Gasteiger partial charge in [0, 0.05) is 41.5 Å². The number of hydrogen-bond acceptors (Lipinski definition) is 3. The van der Waals surface area contributed by atoms with Crippen LogP contribution in [-0.2, 0) is 6.42 Å². The molecule has 0 aliphatic heterocycles. The molecule has 5 nitrogen and oxygen atoms in total. The van der Waals surface area contributed by atoms with Gasteiger partial charge in [0.1, 0.15) is 5.82 Å². The third-order valence-electron chi connectivity index (χ3n) is 4.58. The summed E-state index contributed by atoms with van der Waals surface area (Å²) < 4.78 is 14.1. The van der Waals surface area contributed by atoms with Gasteiger partial charge in [0.05, 0.1) is 11.4 Å². The van der Waals surface area contributed by atoms with Crippen molar-refractivity contribution in [3.05, 3.63) is 96.1 Å². The maximum atomic E-state index is 14.1. The van der Waals surface area contributed by atoms with Gasteiger partial charge in [-0.25, -0.2) is 4.39 Å². The molecule has 0 aliphatic rings. The van der Waals surface area contributed by atoms with Crippen molar-refractivity contribution in [1.82, 2.24) is 20.5 Å². The lowest BCUT2D eigenvalue weighted by molar-refractivity contribution is 0.0954. The fourth-order valence-corrected chi connectivity index (χ4v) is 3.13. The third-order valence-corrected chi connectivity index (χ3v) is 4.58. The van der Waals surface area contributed by atoms with Crippen LogP contribution in [0.3, 0.4) is 0 Å². The first-order chi connectivity index (χ1) is 14.2. The van der Waals surface area contributed by atoms with Crippen LogP contribution >= 0.6 is 0 Å². The van der Waals surface area contributed by atoms with E-state index in [4.69, 9.17) is 0 Å². The molecule has 0 radical (unpaired) electrons. The number of carbonyl (C=O) groups excluding carboxylic acids is 1. The second kappa shape index (κ2) is 8.48. The van der Waals surface area contributed by atoms with Gasteiger partial charge in [0.25, 0.3) is 5.91 Å². The molecule has 144 valence electrons. The zero-order valence-electron chi connectivity index (χ0n) is 15.6. The van der Waals surface area contributed by atoms with E-state index in [0.29, 0.717) is 41.0 Å². The van der Waals surface area contributed by atoms with Crippen LogP contribution in [0.25, 0.3) is 22.5 Å². The van der Waals surface area contributed by atoms with Crippen LogP contribution in [0.15, 0.2) is 79.0 Å². The molecule has 2 aromatic carbocycles. The maximum Gasteiger partial charge on any atom is 0.251 e. The van der Waals surface area contributed by atoms with E-state index in [1.807, 2.05) is 36.4 Å². The molecule has 0 bridgehead atoms. The number of amides is 1. The Hall–Kier alpha value is -3.80. The quantitative estimate of drug-likeness (QED) is 0.520. The van der Waals surface area contributed by atoms with Gasteiger partial charge in [-0.05, 0) is 36.4 Å². The average Bonchev–Trinajstić information content (AvgIpc) is 3.24. The van der Waals surface area contributed by atoms with Gasteiger partial charge in [0.2, 0.25) is 0 Å². The summed E-state index contributed by atoms with van der Waals surface area (Å²) in [7, 11) is 0. The molecule has 0 aliphatic carbocycles. The number of benzene rings is 2. The molecule has 0 fully saturated rings. The highest BCUT2D eigenvalue weighted by molar-refractivity contribution is 6.00. The number of halogens is 1. The molecule has 29 heavy (non-hydrogen) atoms. The standard InChI is InChI=1S/C23H19FN4O/c24-20-11-4-3-10-19(20)22-15-21(27-28-22)17-8-1-2-9-18(17)23(29)26-14-12-16-7-5-6-13-25-16/h1-11,13,15H,12,14H2,(H,26,29)(H,27,28). The van der Waals surface area contributed by atoms with E-state index in [-0.39, 0.29) is 11.7 Å². The fraction of sp³-hybridized carbons (Fsp3) is 0.0870. The number of aromatic nitrogens is 3. The molecule has 0 saturated carbocycles. The van der Waals surface area contributed by atoms with Crippen molar-refractivity contribution < 1.29 is 9.18 Å². The third kappa shape index (κ3) is 4.21. The van der Waals surface area contributed by atoms with Crippen molar-refractivity contribution in [2.45, 2.75) is 6.42 Å². The van der Waals surface area contributed by atoms with Crippen LogP contribution in [0.4, 0.5) is 4.39 Å².